The molecule has 38 heavy (non-hydrogen) atoms. The zero-order valence-electron chi connectivity index (χ0n) is 21.9. The first kappa shape index (κ1) is 26.7. The van der Waals surface area contributed by atoms with Crippen LogP contribution in [0.3, 0.4) is 0 Å². The number of carbonyl (C=O) groups is 1. The van der Waals surface area contributed by atoms with Crippen LogP contribution in [0.4, 0.5) is 36.1 Å². The van der Waals surface area contributed by atoms with Crippen molar-refractivity contribution in [2.75, 3.05) is 41.4 Å². The summed E-state index contributed by atoms with van der Waals surface area (Å²) in [5, 5.41) is 6.24. The Morgan fingerprint density at radius 2 is 1.87 bits per heavy atom. The summed E-state index contributed by atoms with van der Waals surface area (Å²) in [6.45, 7) is 6.46. The molecule has 0 bridgehead atoms. The van der Waals surface area contributed by atoms with E-state index in [-0.39, 0.29) is 17.9 Å². The molecule has 1 amide bonds. The Morgan fingerprint density at radius 3 is 2.55 bits per heavy atom. The van der Waals surface area contributed by atoms with E-state index in [1.165, 1.54) is 0 Å². The summed E-state index contributed by atoms with van der Waals surface area (Å²) in [7, 11) is 0. The zero-order chi connectivity index (χ0) is 26.9. The molecule has 1 aliphatic carbocycles. The Labute approximate surface area is 221 Å². The lowest BCUT2D eigenvalue weighted by atomic mass is 9.84. The number of anilines is 4. The predicted octanol–water partition coefficient (Wildman–Crippen LogP) is 5.24. The smallest absolute Gasteiger partial charge is 0.378 e. The lowest BCUT2D eigenvalue weighted by Gasteiger charge is -2.36. The summed E-state index contributed by atoms with van der Waals surface area (Å²) in [5.74, 6) is -0.0548. The molecule has 3 aliphatic rings. The van der Waals surface area contributed by atoms with E-state index in [2.05, 4.69) is 32.7 Å². The summed E-state index contributed by atoms with van der Waals surface area (Å²) in [6, 6.07) is 8.15. The minimum atomic E-state index is -4.29. The number of aromatic nitrogens is 1. The molecule has 1 saturated carbocycles. The molecule has 1 aromatic heterocycles. The van der Waals surface area contributed by atoms with Gasteiger partial charge in [-0.1, -0.05) is 19.9 Å². The van der Waals surface area contributed by atoms with Gasteiger partial charge in [0.15, 0.2) is 0 Å². The minimum absolute atomic E-state index is 0.0126. The van der Waals surface area contributed by atoms with Crippen molar-refractivity contribution in [3.63, 3.8) is 0 Å². The van der Waals surface area contributed by atoms with Crippen molar-refractivity contribution in [1.29, 1.82) is 0 Å². The molecule has 5 rings (SSSR count). The van der Waals surface area contributed by atoms with Gasteiger partial charge in [0.05, 0.1) is 31.1 Å². The van der Waals surface area contributed by atoms with Crippen LogP contribution >= 0.6 is 0 Å². The van der Waals surface area contributed by atoms with Crippen molar-refractivity contribution in [2.45, 2.75) is 64.3 Å². The van der Waals surface area contributed by atoms with Gasteiger partial charge < -0.3 is 25.2 Å². The first-order valence-corrected chi connectivity index (χ1v) is 13.5. The maximum absolute atomic E-state index is 14.0. The average Bonchev–Trinajstić information content (AvgIpc) is 3.07. The SMILES string of the molecule is CC(C)[C@H](NC1CCC(C(=O)N2Cc3cccnc3Nc3ccc(N4CCOCC4)cc32)CC1)C(F)(F)F. The second-order valence-corrected chi connectivity index (χ2v) is 10.8. The average molecular weight is 532 g/mol. The number of ether oxygens (including phenoxy) is 1. The molecule has 2 N–H and O–H groups in total. The molecule has 2 aliphatic heterocycles. The van der Waals surface area contributed by atoms with E-state index in [1.54, 1.807) is 20.0 Å². The van der Waals surface area contributed by atoms with E-state index >= 15 is 0 Å². The molecule has 3 heterocycles. The number of hydrogen-bond donors (Lipinski definition) is 2. The van der Waals surface area contributed by atoms with Crippen LogP contribution in [0, 0.1) is 11.8 Å². The van der Waals surface area contributed by atoms with Gasteiger partial charge in [-0.3, -0.25) is 4.79 Å². The number of nitrogens with one attached hydrogen (secondary N) is 2. The highest BCUT2D eigenvalue weighted by Crippen LogP contribution is 2.40. The number of fused-ring (bicyclic) bond motifs is 2. The standard InChI is InChI=1S/C28H36F3N5O2/c1-18(2)25(28(29,30)31)33-21-7-5-19(6-8-21)27(37)36-17-20-4-3-11-32-26(20)34-23-10-9-22(16-24(23)36)35-12-14-38-15-13-35/h3-4,9-11,16,18-19,21,25,33H,5-8,12-15,17H2,1-2H3,(H,32,34)/t19?,21?,25-/m0/s1. The molecule has 1 aromatic carbocycles. The Morgan fingerprint density at radius 1 is 1.13 bits per heavy atom. The largest absolute Gasteiger partial charge is 0.404 e. The third-order valence-electron chi connectivity index (χ3n) is 7.90. The Kier molecular flexibility index (Phi) is 7.81. The molecule has 2 aromatic rings. The normalized spacial score (nSPS) is 22.8. The number of alkyl halides is 3. The van der Waals surface area contributed by atoms with E-state index in [1.807, 2.05) is 23.1 Å². The second-order valence-electron chi connectivity index (χ2n) is 10.8. The number of hydrogen-bond acceptors (Lipinski definition) is 6. The van der Waals surface area contributed by atoms with Gasteiger partial charge in [-0.25, -0.2) is 4.98 Å². The van der Waals surface area contributed by atoms with Gasteiger partial charge in [-0.2, -0.15) is 13.2 Å². The lowest BCUT2D eigenvalue weighted by Crippen LogP contribution is -2.51. The van der Waals surface area contributed by atoms with E-state index in [0.29, 0.717) is 45.4 Å². The second kappa shape index (κ2) is 11.1. The summed E-state index contributed by atoms with van der Waals surface area (Å²) >= 11 is 0. The van der Waals surface area contributed by atoms with Crippen molar-refractivity contribution in [2.24, 2.45) is 11.8 Å². The van der Waals surface area contributed by atoms with Crippen molar-refractivity contribution in [3.05, 3.63) is 42.1 Å². The molecule has 1 atom stereocenters. The van der Waals surface area contributed by atoms with Crippen LogP contribution < -0.4 is 20.4 Å². The van der Waals surface area contributed by atoms with E-state index in [4.69, 9.17) is 4.74 Å². The highest BCUT2D eigenvalue weighted by Gasteiger charge is 2.43. The van der Waals surface area contributed by atoms with E-state index < -0.39 is 18.1 Å². The molecule has 2 fully saturated rings. The molecular weight excluding hydrogens is 495 g/mol. The third kappa shape index (κ3) is 5.76. The number of pyridine rings is 1. The molecule has 0 unspecified atom stereocenters. The van der Waals surface area contributed by atoms with Gasteiger partial charge in [0, 0.05) is 42.5 Å². The maximum atomic E-state index is 14.0. The first-order chi connectivity index (χ1) is 18.2. The van der Waals surface area contributed by atoms with Gasteiger partial charge in [-0.05, 0) is 55.9 Å². The lowest BCUT2D eigenvalue weighted by molar-refractivity contribution is -0.168. The molecular formula is C28H36F3N5O2. The predicted molar refractivity (Wildman–Crippen MR) is 142 cm³/mol. The Hall–Kier alpha value is -2.85. The number of amides is 1. The zero-order valence-corrected chi connectivity index (χ0v) is 21.9. The van der Waals surface area contributed by atoms with Crippen LogP contribution in [0.5, 0.6) is 0 Å². The quantitative estimate of drug-likeness (QED) is 0.550. The number of morpholine rings is 1. The molecule has 1 saturated heterocycles. The van der Waals surface area contributed by atoms with Crippen molar-refractivity contribution >= 4 is 28.8 Å². The van der Waals surface area contributed by atoms with E-state index in [0.717, 1.165) is 41.5 Å². The number of halogens is 3. The van der Waals surface area contributed by atoms with Crippen LogP contribution in [-0.2, 0) is 16.1 Å². The number of nitrogens with zero attached hydrogens (tertiary/aromatic N) is 3. The number of benzene rings is 1. The maximum Gasteiger partial charge on any atom is 0.404 e. The highest BCUT2D eigenvalue weighted by molar-refractivity contribution is 6.00. The fourth-order valence-corrected chi connectivity index (χ4v) is 5.77. The highest BCUT2D eigenvalue weighted by atomic mass is 19.4. The summed E-state index contributed by atoms with van der Waals surface area (Å²) in [6.07, 6.45) is -0.363. The van der Waals surface area contributed by atoms with Gasteiger partial charge in [0.25, 0.3) is 0 Å². The Bertz CT molecular complexity index is 1130. The summed E-state index contributed by atoms with van der Waals surface area (Å²) in [4.78, 5) is 22.6. The summed E-state index contributed by atoms with van der Waals surface area (Å²) in [5.41, 5.74) is 3.57. The van der Waals surface area contributed by atoms with Gasteiger partial charge >= 0.3 is 6.18 Å². The van der Waals surface area contributed by atoms with Gasteiger partial charge in [0.1, 0.15) is 11.9 Å². The fraction of sp³-hybridized carbons (Fsp3) is 0.571. The monoisotopic (exact) mass is 531 g/mol. The van der Waals surface area contributed by atoms with Crippen molar-refractivity contribution in [3.8, 4) is 0 Å². The van der Waals surface area contributed by atoms with Crippen LogP contribution in [-0.4, -0.2) is 55.5 Å². The molecule has 10 heteroatoms. The van der Waals surface area contributed by atoms with Gasteiger partial charge in [-0.15, -0.1) is 0 Å². The molecule has 0 radical (unpaired) electrons. The van der Waals surface area contributed by atoms with E-state index in [9.17, 15) is 18.0 Å². The van der Waals surface area contributed by atoms with Crippen molar-refractivity contribution in [1.82, 2.24) is 10.3 Å². The molecule has 0 spiro atoms. The van der Waals surface area contributed by atoms with Crippen LogP contribution in [0.1, 0.15) is 45.1 Å². The Balaban J connectivity index is 1.36. The number of rotatable bonds is 5. The third-order valence-corrected chi connectivity index (χ3v) is 7.90. The molecule has 7 nitrogen and oxygen atoms in total. The van der Waals surface area contributed by atoms with Crippen LogP contribution in [0.25, 0.3) is 0 Å². The van der Waals surface area contributed by atoms with Gasteiger partial charge in [0.2, 0.25) is 5.91 Å². The molecule has 206 valence electrons. The topological polar surface area (TPSA) is 69.7 Å². The minimum Gasteiger partial charge on any atom is -0.378 e. The van der Waals surface area contributed by atoms with Crippen LogP contribution in [0.15, 0.2) is 36.5 Å². The fourth-order valence-electron chi connectivity index (χ4n) is 5.77. The van der Waals surface area contributed by atoms with Crippen LogP contribution in [0.2, 0.25) is 0 Å². The van der Waals surface area contributed by atoms with Crippen molar-refractivity contribution < 1.29 is 22.7 Å². The number of carbonyl (C=O) groups excluding carboxylic acids is 1. The first-order valence-electron chi connectivity index (χ1n) is 13.5. The summed E-state index contributed by atoms with van der Waals surface area (Å²) < 4.78 is 46.0.